The molecule has 166 valence electrons. The Kier molecular flexibility index (Phi) is 6.68. The van der Waals surface area contributed by atoms with E-state index in [2.05, 4.69) is 10.4 Å². The number of aromatic nitrogens is 2. The lowest BCUT2D eigenvalue weighted by molar-refractivity contribution is -0.148. The summed E-state index contributed by atoms with van der Waals surface area (Å²) in [7, 11) is 1.80. The molecule has 1 N–H and O–H groups in total. The minimum atomic E-state index is -0.966. The van der Waals surface area contributed by atoms with Crippen LogP contribution in [0, 0.1) is 13.8 Å². The van der Waals surface area contributed by atoms with Crippen molar-refractivity contribution in [1.82, 2.24) is 9.78 Å². The summed E-state index contributed by atoms with van der Waals surface area (Å²) in [6.45, 7) is 9.60. The van der Waals surface area contributed by atoms with Gasteiger partial charge in [0, 0.05) is 30.7 Å². The van der Waals surface area contributed by atoms with Gasteiger partial charge in [0.15, 0.2) is 6.10 Å². The van der Waals surface area contributed by atoms with Crippen molar-refractivity contribution >= 4 is 23.6 Å². The fourth-order valence-corrected chi connectivity index (χ4v) is 3.47. The van der Waals surface area contributed by atoms with Crippen LogP contribution < -0.4 is 14.8 Å². The van der Waals surface area contributed by atoms with Gasteiger partial charge in [0.05, 0.1) is 23.7 Å². The second-order valence-corrected chi connectivity index (χ2v) is 7.63. The smallest absolute Gasteiger partial charge is 0.331 e. The zero-order valence-electron chi connectivity index (χ0n) is 18.8. The molecule has 2 heterocycles. The molecule has 2 atom stereocenters. The van der Waals surface area contributed by atoms with Crippen LogP contribution in [0.4, 0.5) is 5.69 Å². The number of carbonyl (C=O) groups excluding carboxylic acids is 2. The van der Waals surface area contributed by atoms with E-state index in [4.69, 9.17) is 14.2 Å². The number of amides is 1. The van der Waals surface area contributed by atoms with Gasteiger partial charge >= 0.3 is 5.97 Å². The van der Waals surface area contributed by atoms with Crippen LogP contribution in [0.2, 0.25) is 0 Å². The fraction of sp³-hybridized carbons (Fsp3) is 0.435. The van der Waals surface area contributed by atoms with Crippen LogP contribution in [-0.4, -0.2) is 40.5 Å². The van der Waals surface area contributed by atoms with E-state index in [1.54, 1.807) is 24.7 Å². The third-order valence-electron chi connectivity index (χ3n) is 5.15. The highest BCUT2D eigenvalue weighted by atomic mass is 16.5. The number of aryl methyl sites for hydroxylation is 2. The van der Waals surface area contributed by atoms with Gasteiger partial charge in [-0.25, -0.2) is 4.79 Å². The van der Waals surface area contributed by atoms with Crippen molar-refractivity contribution in [3.63, 3.8) is 0 Å². The summed E-state index contributed by atoms with van der Waals surface area (Å²) >= 11 is 0. The van der Waals surface area contributed by atoms with E-state index in [9.17, 15) is 9.59 Å². The molecule has 0 spiro atoms. The van der Waals surface area contributed by atoms with Gasteiger partial charge in [-0.15, -0.1) is 0 Å². The first-order valence-electron chi connectivity index (χ1n) is 10.4. The first-order chi connectivity index (χ1) is 14.7. The van der Waals surface area contributed by atoms with Crippen LogP contribution in [0.5, 0.6) is 11.5 Å². The van der Waals surface area contributed by atoms with Gasteiger partial charge in [-0.2, -0.15) is 5.10 Å². The van der Waals surface area contributed by atoms with E-state index >= 15 is 0 Å². The summed E-state index contributed by atoms with van der Waals surface area (Å²) < 4.78 is 18.5. The fourth-order valence-electron chi connectivity index (χ4n) is 3.47. The molecule has 2 aromatic rings. The maximum atomic E-state index is 12.4. The topological polar surface area (TPSA) is 91.7 Å². The van der Waals surface area contributed by atoms with E-state index in [0.29, 0.717) is 29.3 Å². The van der Waals surface area contributed by atoms with Gasteiger partial charge in [-0.1, -0.05) is 0 Å². The monoisotopic (exact) mass is 427 g/mol. The largest absolute Gasteiger partial charge is 0.493 e. The normalized spacial score (nSPS) is 16.0. The standard InChI is InChI=1S/C23H29N3O5/c1-7-29-19-12-18-10-13(2)30-20(18)11-17(19)8-9-21(27)31-16(5)23(28)24-22-14(3)25-26(6)15(22)4/h8-9,11-13,16H,7,10H2,1-6H3,(H,24,28)/b9-8+/t13-,16-/m1/s1. The van der Waals surface area contributed by atoms with Crippen molar-refractivity contribution < 1.29 is 23.8 Å². The molecule has 0 unspecified atom stereocenters. The molecule has 31 heavy (non-hydrogen) atoms. The van der Waals surface area contributed by atoms with Crippen molar-refractivity contribution in [1.29, 1.82) is 0 Å². The van der Waals surface area contributed by atoms with Crippen LogP contribution >= 0.6 is 0 Å². The third-order valence-corrected chi connectivity index (χ3v) is 5.15. The molecule has 0 saturated carbocycles. The molecule has 1 aromatic heterocycles. The van der Waals surface area contributed by atoms with Gasteiger partial charge in [-0.05, 0) is 52.8 Å². The van der Waals surface area contributed by atoms with Crippen LogP contribution in [0.25, 0.3) is 6.08 Å². The van der Waals surface area contributed by atoms with Gasteiger partial charge in [0.25, 0.3) is 5.91 Å². The summed E-state index contributed by atoms with van der Waals surface area (Å²) in [4.78, 5) is 24.7. The Bertz CT molecular complexity index is 1020. The Morgan fingerprint density at radius 1 is 1.39 bits per heavy atom. The van der Waals surface area contributed by atoms with Crippen molar-refractivity contribution in [3.8, 4) is 11.5 Å². The highest BCUT2D eigenvalue weighted by Crippen LogP contribution is 2.35. The predicted octanol–water partition coefficient (Wildman–Crippen LogP) is 3.34. The number of ether oxygens (including phenoxy) is 3. The van der Waals surface area contributed by atoms with Crippen LogP contribution in [0.15, 0.2) is 18.2 Å². The number of carbonyl (C=O) groups is 2. The zero-order chi connectivity index (χ0) is 22.7. The number of hydrogen-bond acceptors (Lipinski definition) is 6. The zero-order valence-corrected chi connectivity index (χ0v) is 18.8. The maximum Gasteiger partial charge on any atom is 0.331 e. The molecule has 8 heteroatoms. The summed E-state index contributed by atoms with van der Waals surface area (Å²) in [6.07, 6.45) is 2.86. The number of rotatable bonds is 7. The minimum absolute atomic E-state index is 0.111. The number of anilines is 1. The molecule has 0 radical (unpaired) electrons. The van der Waals surface area contributed by atoms with E-state index in [-0.39, 0.29) is 6.10 Å². The van der Waals surface area contributed by atoms with Crippen molar-refractivity contribution in [2.75, 3.05) is 11.9 Å². The molecule has 1 aliphatic rings. The Morgan fingerprint density at radius 2 is 2.13 bits per heavy atom. The van der Waals surface area contributed by atoms with Crippen molar-refractivity contribution in [2.24, 2.45) is 7.05 Å². The number of fused-ring (bicyclic) bond motifs is 1. The molecular formula is C23H29N3O5. The van der Waals surface area contributed by atoms with Crippen LogP contribution in [-0.2, 0) is 27.8 Å². The molecule has 0 fully saturated rings. The first kappa shape index (κ1) is 22.4. The van der Waals surface area contributed by atoms with E-state index in [1.165, 1.54) is 13.0 Å². The molecule has 0 bridgehead atoms. The van der Waals surface area contributed by atoms with E-state index < -0.39 is 18.0 Å². The molecular weight excluding hydrogens is 398 g/mol. The number of esters is 1. The third kappa shape index (κ3) is 5.07. The second kappa shape index (κ2) is 9.24. The highest BCUT2D eigenvalue weighted by Gasteiger charge is 2.22. The summed E-state index contributed by atoms with van der Waals surface area (Å²) in [5.41, 5.74) is 3.94. The maximum absolute atomic E-state index is 12.4. The minimum Gasteiger partial charge on any atom is -0.493 e. The van der Waals surface area contributed by atoms with E-state index in [1.807, 2.05) is 32.9 Å². The lowest BCUT2D eigenvalue weighted by Gasteiger charge is -2.13. The molecule has 0 aliphatic carbocycles. The second-order valence-electron chi connectivity index (χ2n) is 7.63. The number of hydrogen-bond donors (Lipinski definition) is 1. The molecule has 8 nitrogen and oxygen atoms in total. The molecule has 1 aromatic carbocycles. The van der Waals surface area contributed by atoms with Crippen molar-refractivity contribution in [3.05, 3.63) is 40.7 Å². The highest BCUT2D eigenvalue weighted by molar-refractivity contribution is 5.97. The number of benzene rings is 1. The molecule has 1 aliphatic heterocycles. The first-order valence-corrected chi connectivity index (χ1v) is 10.4. The van der Waals surface area contributed by atoms with Gasteiger partial charge in [0.2, 0.25) is 0 Å². The number of nitrogens with zero attached hydrogens (tertiary/aromatic N) is 2. The van der Waals surface area contributed by atoms with Gasteiger partial charge < -0.3 is 19.5 Å². The van der Waals surface area contributed by atoms with Crippen molar-refractivity contribution in [2.45, 2.75) is 53.2 Å². The Balaban J connectivity index is 1.66. The average molecular weight is 428 g/mol. The molecule has 0 saturated heterocycles. The lowest BCUT2D eigenvalue weighted by atomic mass is 10.1. The summed E-state index contributed by atoms with van der Waals surface area (Å²) in [6, 6.07) is 3.81. The molecule has 1 amide bonds. The predicted molar refractivity (Wildman–Crippen MR) is 117 cm³/mol. The van der Waals surface area contributed by atoms with Gasteiger partial charge in [0.1, 0.15) is 17.6 Å². The Morgan fingerprint density at radius 3 is 2.77 bits per heavy atom. The van der Waals surface area contributed by atoms with E-state index in [0.717, 1.165) is 23.4 Å². The van der Waals surface area contributed by atoms with Crippen LogP contribution in [0.1, 0.15) is 43.3 Å². The molecule has 3 rings (SSSR count). The Hall–Kier alpha value is -3.29. The number of nitrogens with one attached hydrogen (secondary N) is 1. The lowest BCUT2D eigenvalue weighted by Crippen LogP contribution is -2.29. The Labute approximate surface area is 182 Å². The van der Waals surface area contributed by atoms with Crippen LogP contribution in [0.3, 0.4) is 0 Å². The summed E-state index contributed by atoms with van der Waals surface area (Å²) in [5.74, 6) is 0.422. The summed E-state index contributed by atoms with van der Waals surface area (Å²) in [5, 5.41) is 7.04. The quantitative estimate of drug-likeness (QED) is 0.538. The SMILES string of the molecule is CCOc1cc2c(cc1/C=C/C(=O)O[C@H](C)C(=O)Nc1c(C)nn(C)c1C)O[C@H](C)C2. The van der Waals surface area contributed by atoms with Gasteiger partial charge in [-0.3, -0.25) is 9.48 Å². The average Bonchev–Trinajstić information content (AvgIpc) is 3.18.